The maximum atomic E-state index is 8.98. The number of piperazine rings is 1. The van der Waals surface area contributed by atoms with Crippen LogP contribution in [-0.4, -0.2) is 47.8 Å². The monoisotopic (exact) mass is 375 g/mol. The normalized spacial score (nSPS) is 16.5. The standard InChI is InChI=1S/C18H22ClN5O2/c1-3-25-13(2)18-21-17(26-22-18)12-23-6-8-24(9-7-23)15-5-4-14(11-20)16(19)10-15/h4-5,10,13H,3,6-9,12H2,1-2H3. The van der Waals surface area contributed by atoms with E-state index in [1.165, 1.54) is 0 Å². The minimum atomic E-state index is -0.157. The van der Waals surface area contributed by atoms with Gasteiger partial charge in [0.1, 0.15) is 12.2 Å². The number of benzene rings is 1. The summed E-state index contributed by atoms with van der Waals surface area (Å²) in [5.74, 6) is 1.20. The second-order valence-corrected chi connectivity index (χ2v) is 6.59. The molecule has 1 aromatic carbocycles. The van der Waals surface area contributed by atoms with Crippen LogP contribution < -0.4 is 4.90 Å². The molecule has 1 saturated heterocycles. The maximum absolute atomic E-state index is 8.98. The Morgan fingerprint density at radius 1 is 1.35 bits per heavy atom. The molecule has 0 aliphatic carbocycles. The van der Waals surface area contributed by atoms with Crippen molar-refractivity contribution >= 4 is 17.3 Å². The first-order valence-electron chi connectivity index (χ1n) is 8.71. The van der Waals surface area contributed by atoms with Gasteiger partial charge in [-0.15, -0.1) is 0 Å². The molecule has 7 nitrogen and oxygen atoms in total. The summed E-state index contributed by atoms with van der Waals surface area (Å²) in [6, 6.07) is 7.65. The highest BCUT2D eigenvalue weighted by atomic mass is 35.5. The third-order valence-corrected chi connectivity index (χ3v) is 4.75. The second kappa shape index (κ2) is 8.49. The van der Waals surface area contributed by atoms with E-state index in [0.717, 1.165) is 31.9 Å². The zero-order chi connectivity index (χ0) is 18.5. The molecule has 26 heavy (non-hydrogen) atoms. The van der Waals surface area contributed by atoms with E-state index in [4.69, 9.17) is 26.1 Å². The van der Waals surface area contributed by atoms with E-state index < -0.39 is 0 Å². The van der Waals surface area contributed by atoms with Crippen LogP contribution >= 0.6 is 11.6 Å². The van der Waals surface area contributed by atoms with Crippen molar-refractivity contribution in [1.29, 1.82) is 5.26 Å². The Labute approximate surface area is 158 Å². The Balaban J connectivity index is 1.54. The van der Waals surface area contributed by atoms with Gasteiger partial charge in [-0.1, -0.05) is 16.8 Å². The van der Waals surface area contributed by atoms with Gasteiger partial charge in [0.05, 0.1) is 17.1 Å². The summed E-state index contributed by atoms with van der Waals surface area (Å²) in [5.41, 5.74) is 1.54. The van der Waals surface area contributed by atoms with E-state index >= 15 is 0 Å². The first-order valence-corrected chi connectivity index (χ1v) is 9.09. The third kappa shape index (κ3) is 4.33. The number of nitriles is 1. The summed E-state index contributed by atoms with van der Waals surface area (Å²) < 4.78 is 10.8. The Morgan fingerprint density at radius 3 is 2.77 bits per heavy atom. The maximum Gasteiger partial charge on any atom is 0.240 e. The summed E-state index contributed by atoms with van der Waals surface area (Å²) in [7, 11) is 0. The van der Waals surface area contributed by atoms with Crippen molar-refractivity contribution in [3.63, 3.8) is 0 Å². The Kier molecular flexibility index (Phi) is 6.09. The van der Waals surface area contributed by atoms with E-state index in [0.29, 0.717) is 35.5 Å². The molecule has 1 aliphatic rings. The van der Waals surface area contributed by atoms with Gasteiger partial charge < -0.3 is 14.2 Å². The largest absolute Gasteiger partial charge is 0.371 e. The molecule has 2 aromatic rings. The molecular formula is C18H22ClN5O2. The molecular weight excluding hydrogens is 354 g/mol. The molecule has 3 rings (SSSR count). The van der Waals surface area contributed by atoms with Gasteiger partial charge in [0, 0.05) is 38.5 Å². The lowest BCUT2D eigenvalue weighted by molar-refractivity contribution is 0.0683. The van der Waals surface area contributed by atoms with Crippen LogP contribution in [0.4, 0.5) is 5.69 Å². The molecule has 0 spiro atoms. The van der Waals surface area contributed by atoms with Crippen molar-refractivity contribution in [2.75, 3.05) is 37.7 Å². The average molecular weight is 376 g/mol. The van der Waals surface area contributed by atoms with Crippen LogP contribution in [0.25, 0.3) is 0 Å². The highest BCUT2D eigenvalue weighted by molar-refractivity contribution is 6.32. The minimum Gasteiger partial charge on any atom is -0.371 e. The van der Waals surface area contributed by atoms with Gasteiger partial charge in [-0.3, -0.25) is 4.90 Å². The summed E-state index contributed by atoms with van der Waals surface area (Å²) in [6.45, 7) is 8.63. The molecule has 0 radical (unpaired) electrons. The van der Waals surface area contributed by atoms with Crippen molar-refractivity contribution in [1.82, 2.24) is 15.0 Å². The van der Waals surface area contributed by atoms with Gasteiger partial charge in [0.25, 0.3) is 0 Å². The summed E-state index contributed by atoms with van der Waals surface area (Å²) in [4.78, 5) is 8.97. The molecule has 8 heteroatoms. The number of hydrogen-bond acceptors (Lipinski definition) is 7. The van der Waals surface area contributed by atoms with Gasteiger partial charge in [0.15, 0.2) is 5.82 Å². The molecule has 1 aliphatic heterocycles. The molecule has 1 unspecified atom stereocenters. The van der Waals surface area contributed by atoms with E-state index in [1.807, 2.05) is 26.0 Å². The Morgan fingerprint density at radius 2 is 2.12 bits per heavy atom. The van der Waals surface area contributed by atoms with Crippen molar-refractivity contribution in [2.45, 2.75) is 26.5 Å². The minimum absolute atomic E-state index is 0.157. The van der Waals surface area contributed by atoms with Crippen molar-refractivity contribution < 1.29 is 9.26 Å². The Bertz CT molecular complexity index is 780. The molecule has 0 bridgehead atoms. The fourth-order valence-electron chi connectivity index (χ4n) is 2.97. The third-order valence-electron chi connectivity index (χ3n) is 4.43. The van der Waals surface area contributed by atoms with Crippen LogP contribution in [0.1, 0.15) is 37.2 Å². The SMILES string of the molecule is CCOC(C)c1noc(CN2CCN(c3ccc(C#N)c(Cl)c3)CC2)n1. The fraction of sp³-hybridized carbons (Fsp3) is 0.500. The number of nitrogens with zero attached hydrogens (tertiary/aromatic N) is 5. The lowest BCUT2D eigenvalue weighted by Gasteiger charge is -2.35. The highest BCUT2D eigenvalue weighted by Gasteiger charge is 2.21. The molecule has 1 fully saturated rings. The van der Waals surface area contributed by atoms with Crippen LogP contribution in [-0.2, 0) is 11.3 Å². The summed E-state index contributed by atoms with van der Waals surface area (Å²) in [5, 5.41) is 13.5. The van der Waals surface area contributed by atoms with Crippen LogP contribution in [0.5, 0.6) is 0 Å². The van der Waals surface area contributed by atoms with Gasteiger partial charge in [-0.2, -0.15) is 10.2 Å². The van der Waals surface area contributed by atoms with Gasteiger partial charge in [0.2, 0.25) is 5.89 Å². The highest BCUT2D eigenvalue weighted by Crippen LogP contribution is 2.24. The van der Waals surface area contributed by atoms with Crippen molar-refractivity contribution in [3.05, 3.63) is 40.5 Å². The van der Waals surface area contributed by atoms with Gasteiger partial charge >= 0.3 is 0 Å². The number of halogens is 1. The van der Waals surface area contributed by atoms with Crippen LogP contribution in [0, 0.1) is 11.3 Å². The average Bonchev–Trinajstić information content (AvgIpc) is 3.11. The Hall–Kier alpha value is -2.14. The molecule has 0 saturated carbocycles. The van der Waals surface area contributed by atoms with Gasteiger partial charge in [-0.25, -0.2) is 0 Å². The first kappa shape index (κ1) is 18.6. The second-order valence-electron chi connectivity index (χ2n) is 6.18. The van der Waals surface area contributed by atoms with Crippen molar-refractivity contribution in [2.24, 2.45) is 0 Å². The topological polar surface area (TPSA) is 78.4 Å². The predicted octanol–water partition coefficient (Wildman–Crippen LogP) is 3.01. The lowest BCUT2D eigenvalue weighted by Crippen LogP contribution is -2.46. The molecule has 0 N–H and O–H groups in total. The summed E-state index contributed by atoms with van der Waals surface area (Å²) in [6.07, 6.45) is -0.157. The van der Waals surface area contributed by atoms with E-state index in [1.54, 1.807) is 6.07 Å². The number of rotatable bonds is 6. The summed E-state index contributed by atoms with van der Waals surface area (Å²) >= 11 is 6.14. The first-order chi connectivity index (χ1) is 12.6. The van der Waals surface area contributed by atoms with Crippen molar-refractivity contribution in [3.8, 4) is 6.07 Å². The lowest BCUT2D eigenvalue weighted by atomic mass is 10.2. The zero-order valence-electron chi connectivity index (χ0n) is 15.0. The van der Waals surface area contributed by atoms with Crippen LogP contribution in [0.3, 0.4) is 0 Å². The zero-order valence-corrected chi connectivity index (χ0v) is 15.7. The quantitative estimate of drug-likeness (QED) is 0.767. The van der Waals surface area contributed by atoms with Crippen LogP contribution in [0.2, 0.25) is 5.02 Å². The number of aromatic nitrogens is 2. The predicted molar refractivity (Wildman–Crippen MR) is 98.0 cm³/mol. The van der Waals surface area contributed by atoms with Gasteiger partial charge in [-0.05, 0) is 32.0 Å². The number of ether oxygens (including phenoxy) is 1. The molecule has 0 amide bonds. The molecule has 138 valence electrons. The van der Waals surface area contributed by atoms with E-state index in [2.05, 4.69) is 26.0 Å². The van der Waals surface area contributed by atoms with E-state index in [9.17, 15) is 0 Å². The van der Waals surface area contributed by atoms with E-state index in [-0.39, 0.29) is 6.10 Å². The molecule has 1 aromatic heterocycles. The number of anilines is 1. The number of hydrogen-bond donors (Lipinski definition) is 0. The molecule has 1 atom stereocenters. The smallest absolute Gasteiger partial charge is 0.240 e. The molecule has 2 heterocycles. The fourth-order valence-corrected chi connectivity index (χ4v) is 3.19. The van der Waals surface area contributed by atoms with Crippen LogP contribution in [0.15, 0.2) is 22.7 Å².